The van der Waals surface area contributed by atoms with E-state index in [-0.39, 0.29) is 22.8 Å². The normalized spacial score (nSPS) is 12.3. The first-order chi connectivity index (χ1) is 48.1. The fourth-order valence-electron chi connectivity index (χ4n) is 13.7. The van der Waals surface area contributed by atoms with E-state index in [0.29, 0.717) is 63.8 Å². The molecule has 0 saturated heterocycles. The van der Waals surface area contributed by atoms with E-state index < -0.39 is 80.4 Å². The van der Waals surface area contributed by atoms with Crippen molar-refractivity contribution in [1.29, 1.82) is 0 Å². The third kappa shape index (κ3) is 10.9. The Morgan fingerprint density at radius 1 is 0.180 bits per heavy atom. The van der Waals surface area contributed by atoms with Crippen LogP contribution in [0.4, 0.5) is 43.9 Å². The molecule has 0 fully saturated rings. The van der Waals surface area contributed by atoms with Gasteiger partial charge in [0.2, 0.25) is 11.6 Å². The summed E-state index contributed by atoms with van der Waals surface area (Å²) in [5.41, 5.74) is 9.97. The molecule has 5 aromatic heterocycles. The van der Waals surface area contributed by atoms with E-state index in [4.69, 9.17) is 19.9 Å². The van der Waals surface area contributed by atoms with Crippen LogP contribution in [0.1, 0.15) is 90.1 Å². The molecule has 0 aliphatic carbocycles. The minimum absolute atomic E-state index is 0.118. The van der Waals surface area contributed by atoms with Gasteiger partial charge in [-0.3, -0.25) is 0 Å². The molecule has 0 amide bonds. The summed E-state index contributed by atoms with van der Waals surface area (Å²) >= 11 is 5.69. The average molecular weight is 1410 g/mol. The summed E-state index contributed by atoms with van der Waals surface area (Å²) < 4.78 is 166. The number of rotatable bonds is 6. The highest BCUT2D eigenvalue weighted by atomic mass is 32.1. The van der Waals surface area contributed by atoms with Gasteiger partial charge in [0, 0.05) is 71.0 Å². The number of hydrogen-bond donors (Lipinski definition) is 0. The molecule has 0 spiro atoms. The molecule has 9 heterocycles. The van der Waals surface area contributed by atoms with Crippen LogP contribution in [0.5, 0.6) is 0 Å². The zero-order valence-corrected chi connectivity index (χ0v) is 57.6. The number of nitrogens with zero attached hydrogens (tertiary/aromatic N) is 4. The number of thiophene rings is 4. The number of aromatic nitrogens is 4. The molecule has 4 nitrogen and oxygen atoms in total. The van der Waals surface area contributed by atoms with Crippen LogP contribution < -0.4 is 0 Å². The van der Waals surface area contributed by atoms with Crippen molar-refractivity contribution in [3.8, 4) is 66.8 Å². The quantitative estimate of drug-likeness (QED) is 0.0946. The summed E-state index contributed by atoms with van der Waals surface area (Å²) in [7, 11) is 0. The van der Waals surface area contributed by atoms with Gasteiger partial charge in [-0.2, -0.15) is 0 Å². The van der Waals surface area contributed by atoms with Crippen molar-refractivity contribution in [3.05, 3.63) is 270 Å². The van der Waals surface area contributed by atoms with Crippen LogP contribution in [0.15, 0.2) is 121 Å². The third-order valence-electron chi connectivity index (χ3n) is 18.3. The second-order valence-corrected chi connectivity index (χ2v) is 29.1. The second-order valence-electron chi connectivity index (χ2n) is 24.7. The van der Waals surface area contributed by atoms with Gasteiger partial charge in [-0.1, -0.05) is 72.8 Å². The Balaban J connectivity index is 1.13. The number of aryl methyl sites for hydroxylation is 8. The van der Waals surface area contributed by atoms with E-state index in [1.165, 1.54) is 69.7 Å². The number of fused-ring (bicyclic) bond motifs is 18. The highest BCUT2D eigenvalue weighted by Crippen LogP contribution is 2.48. The third-order valence-corrected chi connectivity index (χ3v) is 23.2. The van der Waals surface area contributed by atoms with Crippen LogP contribution in [0.2, 0.25) is 0 Å². The smallest absolute Gasteiger partial charge is 0.200 e. The Hall–Kier alpha value is -10.2. The first-order valence-electron chi connectivity index (χ1n) is 31.6. The molecule has 0 atom stereocenters. The van der Waals surface area contributed by atoms with Crippen LogP contribution in [0.3, 0.4) is 0 Å². The summed E-state index contributed by atoms with van der Waals surface area (Å²) in [6.07, 6.45) is 12.6. The lowest BCUT2D eigenvalue weighted by molar-refractivity contribution is 0.381. The largest absolute Gasteiger partial charge is 0.248 e. The lowest BCUT2D eigenvalue weighted by Crippen LogP contribution is -2.06. The second kappa shape index (κ2) is 25.5. The highest BCUT2D eigenvalue weighted by molar-refractivity contribution is 7.31. The number of hydrogen-bond acceptors (Lipinski definition) is 8. The SMILES string of the molecule is Cc1cccc(C)c1-c1c2nc(c(-c3c(F)c(F)c(F)c(F)c3F)c3nc(c(-c4c(C)cccc4C)c4ccc(s4)c4ccc(s4)c(-c4c(C)cccc4C)c4nc(c(-c5c(F)c(F)c(F)c(F)c5F)c5nc(c(-c6c(C)cccc6C)c6ccc(s6)c6ccc1s6)C=C5)C=C4)C=C3)C=C2. The van der Waals surface area contributed by atoms with Crippen LogP contribution in [0.25, 0.3) is 153 Å². The maximum absolute atomic E-state index is 16.8. The molecule has 0 saturated carbocycles. The van der Waals surface area contributed by atoms with Gasteiger partial charge in [0.05, 0.1) is 56.7 Å². The fourth-order valence-corrected chi connectivity index (χ4v) is 18.2. The fraction of sp³-hybridized carbons (Fsp3) is 0.0976. The minimum Gasteiger partial charge on any atom is -0.248 e. The number of benzene rings is 6. The first-order valence-corrected chi connectivity index (χ1v) is 34.8. The van der Waals surface area contributed by atoms with Crippen molar-refractivity contribution in [1.82, 2.24) is 19.9 Å². The summed E-state index contributed by atoms with van der Waals surface area (Å²) in [4.78, 5) is 20.4. The molecule has 100 heavy (non-hydrogen) atoms. The topological polar surface area (TPSA) is 51.6 Å². The van der Waals surface area contributed by atoms with E-state index in [2.05, 4.69) is 0 Å². The molecule has 4 aliphatic heterocycles. The summed E-state index contributed by atoms with van der Waals surface area (Å²) in [6.45, 7) is 15.5. The van der Waals surface area contributed by atoms with E-state index >= 15 is 43.9 Å². The van der Waals surface area contributed by atoms with Crippen LogP contribution >= 0.6 is 45.3 Å². The average Bonchev–Trinajstić information content (AvgIpc) is 1.50. The molecular formula is C82H52F10N4S4. The van der Waals surface area contributed by atoms with Crippen molar-refractivity contribution < 1.29 is 43.9 Å². The maximum Gasteiger partial charge on any atom is 0.200 e. The minimum atomic E-state index is -2.31. The molecule has 0 radical (unpaired) electrons. The Morgan fingerprint density at radius 3 is 0.530 bits per heavy atom. The van der Waals surface area contributed by atoms with E-state index in [0.717, 1.165) is 85.6 Å². The zero-order chi connectivity index (χ0) is 70.0. The molecular weight excluding hydrogens is 1360 g/mol. The number of halogens is 10. The molecule has 6 aromatic carbocycles. The first kappa shape index (κ1) is 65.7. The predicted octanol–water partition coefficient (Wildman–Crippen LogP) is 25.5. The molecule has 494 valence electrons. The Labute approximate surface area is 583 Å². The maximum atomic E-state index is 16.8. The predicted molar refractivity (Wildman–Crippen MR) is 393 cm³/mol. The van der Waals surface area contributed by atoms with Crippen molar-refractivity contribution in [2.75, 3.05) is 0 Å². The summed E-state index contributed by atoms with van der Waals surface area (Å²) in [5.74, 6) is -21.4. The van der Waals surface area contributed by atoms with Gasteiger partial charge in [-0.15, -0.1) is 45.3 Å². The van der Waals surface area contributed by atoms with Gasteiger partial charge in [0.25, 0.3) is 0 Å². The molecule has 4 aliphatic rings. The molecule has 16 bridgehead atoms. The van der Waals surface area contributed by atoms with Crippen molar-refractivity contribution in [3.63, 3.8) is 0 Å². The van der Waals surface area contributed by atoms with Crippen LogP contribution in [0, 0.1) is 114 Å². The molecule has 18 heteroatoms. The Bertz CT molecular complexity index is 5250. The molecule has 11 aromatic rings. The molecule has 0 N–H and O–H groups in total. The standard InChI is InChI=1S/C82H52F10N4S4/c1-37-13-9-14-38(2)61(37)67-49-25-21-45(93-49)65(71-73(83)77(87)81(91)78(88)74(71)84)46-22-26-50(94-46)69(63-41(5)17-11-18-42(63)6)59-35-31-55(99-59)56-32-36-60(100-56)70(64-43(7)19-12-20-44(64)8)52-28-24-48(96-52)66(72-75(85)79(89)82(92)80(90)76(72)86)47-23-27-51(95-47)68(62-39(3)15-10-16-40(62)4)58-34-30-54(98-58)53-29-33-57(67)97-53/h9-36H,1-8H3. The monoisotopic (exact) mass is 1410 g/mol. The highest BCUT2D eigenvalue weighted by Gasteiger charge is 2.34. The van der Waals surface area contributed by atoms with Gasteiger partial charge in [-0.05, 0) is 219 Å². The van der Waals surface area contributed by atoms with E-state index in [1.54, 1.807) is 24.3 Å². The van der Waals surface area contributed by atoms with Crippen molar-refractivity contribution >= 4 is 132 Å². The molecule has 15 rings (SSSR count). The van der Waals surface area contributed by atoms with E-state index in [9.17, 15) is 0 Å². The van der Waals surface area contributed by atoms with Gasteiger partial charge < -0.3 is 0 Å². The van der Waals surface area contributed by atoms with Gasteiger partial charge in [0.15, 0.2) is 46.5 Å². The van der Waals surface area contributed by atoms with Gasteiger partial charge in [-0.25, -0.2) is 63.8 Å². The van der Waals surface area contributed by atoms with E-state index in [1.807, 2.05) is 177 Å². The van der Waals surface area contributed by atoms with Crippen molar-refractivity contribution in [2.24, 2.45) is 0 Å². The lowest BCUT2D eigenvalue weighted by Gasteiger charge is -2.12. The Morgan fingerprint density at radius 2 is 0.340 bits per heavy atom. The van der Waals surface area contributed by atoms with Gasteiger partial charge >= 0.3 is 0 Å². The van der Waals surface area contributed by atoms with Crippen LogP contribution in [-0.4, -0.2) is 19.9 Å². The van der Waals surface area contributed by atoms with Crippen molar-refractivity contribution in [2.45, 2.75) is 55.4 Å². The summed E-state index contributed by atoms with van der Waals surface area (Å²) in [6, 6.07) is 38.7. The lowest BCUT2D eigenvalue weighted by atomic mass is 9.95. The van der Waals surface area contributed by atoms with Crippen LogP contribution in [-0.2, 0) is 0 Å². The Kier molecular flexibility index (Phi) is 16.7. The zero-order valence-electron chi connectivity index (χ0n) is 54.4. The molecule has 0 unspecified atom stereocenters. The summed E-state index contributed by atoms with van der Waals surface area (Å²) in [5, 5.41) is 0. The van der Waals surface area contributed by atoms with Gasteiger partial charge in [0.1, 0.15) is 0 Å².